The molecule has 1 aromatic carbocycles. The number of para-hydroxylation sites is 1. The van der Waals surface area contributed by atoms with Crippen LogP contribution in [0.25, 0.3) is 10.9 Å². The van der Waals surface area contributed by atoms with Gasteiger partial charge in [-0.05, 0) is 44.6 Å². The number of fused-ring (bicyclic) bond motifs is 1. The van der Waals surface area contributed by atoms with Gasteiger partial charge in [0.2, 0.25) is 5.95 Å². The average Bonchev–Trinajstić information content (AvgIpc) is 3.33. The lowest BCUT2D eigenvalue weighted by Gasteiger charge is -2.26. The van der Waals surface area contributed by atoms with Gasteiger partial charge in [0.25, 0.3) is 5.91 Å². The number of hydrogen-bond acceptors (Lipinski definition) is 7. The van der Waals surface area contributed by atoms with E-state index in [0.717, 1.165) is 49.7 Å². The summed E-state index contributed by atoms with van der Waals surface area (Å²) in [4.78, 5) is 22.2. The standard InChI is InChI=1S/C24H31N7O2/c32-19-11-9-17(10-12-19)28-24-26-13-16-5-4-8-20(22(16)29-24)23(33)25-14-21-30-27-15-31(21)18-6-2-1-3-7-18/h4-5,8,13,15,17-19,32H,1-3,6-7,9-12,14H2,(H,25,33)(H,26,28,29). The van der Waals surface area contributed by atoms with Crippen LogP contribution in [0.4, 0.5) is 5.95 Å². The molecule has 0 atom stereocenters. The molecule has 0 spiro atoms. The summed E-state index contributed by atoms with van der Waals surface area (Å²) in [5, 5.41) is 25.3. The lowest BCUT2D eigenvalue weighted by molar-refractivity contribution is 0.0950. The van der Waals surface area contributed by atoms with Crippen molar-refractivity contribution in [2.24, 2.45) is 0 Å². The third-order valence-electron chi connectivity index (χ3n) is 6.91. The van der Waals surface area contributed by atoms with Crippen LogP contribution in [0.1, 0.15) is 80.0 Å². The Morgan fingerprint density at radius 3 is 2.73 bits per heavy atom. The van der Waals surface area contributed by atoms with Crippen LogP contribution in [0.3, 0.4) is 0 Å². The number of carbonyl (C=O) groups is 1. The average molecular weight is 450 g/mol. The zero-order valence-electron chi connectivity index (χ0n) is 18.8. The van der Waals surface area contributed by atoms with E-state index in [9.17, 15) is 9.90 Å². The van der Waals surface area contributed by atoms with Crippen LogP contribution in [-0.2, 0) is 6.54 Å². The van der Waals surface area contributed by atoms with Gasteiger partial charge in [0.15, 0.2) is 5.82 Å². The molecule has 1 amide bonds. The Morgan fingerprint density at radius 1 is 1.09 bits per heavy atom. The Labute approximate surface area is 193 Å². The summed E-state index contributed by atoms with van der Waals surface area (Å²) in [6, 6.07) is 6.20. The van der Waals surface area contributed by atoms with Crippen molar-refractivity contribution in [2.45, 2.75) is 82.5 Å². The molecule has 0 radical (unpaired) electrons. The molecule has 3 N–H and O–H groups in total. The first-order valence-electron chi connectivity index (χ1n) is 12.0. The van der Waals surface area contributed by atoms with Crippen LogP contribution in [-0.4, -0.2) is 47.9 Å². The number of anilines is 1. The monoisotopic (exact) mass is 449 g/mol. The third kappa shape index (κ3) is 4.98. The topological polar surface area (TPSA) is 118 Å². The molecule has 5 rings (SSSR count). The summed E-state index contributed by atoms with van der Waals surface area (Å²) >= 11 is 0. The Balaban J connectivity index is 1.30. The van der Waals surface area contributed by atoms with E-state index < -0.39 is 0 Å². The van der Waals surface area contributed by atoms with Crippen LogP contribution >= 0.6 is 0 Å². The minimum absolute atomic E-state index is 0.191. The molecule has 2 aromatic heterocycles. The summed E-state index contributed by atoms with van der Waals surface area (Å²) in [5.41, 5.74) is 1.14. The highest BCUT2D eigenvalue weighted by molar-refractivity contribution is 6.05. The van der Waals surface area contributed by atoms with Crippen molar-refractivity contribution in [3.05, 3.63) is 42.1 Å². The molecule has 0 unspecified atom stereocenters. The van der Waals surface area contributed by atoms with Crippen molar-refractivity contribution in [3.8, 4) is 0 Å². The Hall–Kier alpha value is -3.07. The summed E-state index contributed by atoms with van der Waals surface area (Å²) in [6.07, 6.45) is 12.7. The van der Waals surface area contributed by atoms with Crippen LogP contribution in [0.2, 0.25) is 0 Å². The first-order valence-corrected chi connectivity index (χ1v) is 12.0. The van der Waals surface area contributed by atoms with Crippen molar-refractivity contribution in [1.82, 2.24) is 30.0 Å². The molecular formula is C24H31N7O2. The fraction of sp³-hybridized carbons (Fsp3) is 0.542. The number of carbonyl (C=O) groups excluding carboxylic acids is 1. The zero-order valence-corrected chi connectivity index (χ0v) is 18.8. The highest BCUT2D eigenvalue weighted by Gasteiger charge is 2.21. The molecule has 174 valence electrons. The summed E-state index contributed by atoms with van der Waals surface area (Å²) in [7, 11) is 0. The van der Waals surface area contributed by atoms with Gasteiger partial charge in [0.05, 0.1) is 23.7 Å². The first-order chi connectivity index (χ1) is 16.2. The second-order valence-corrected chi connectivity index (χ2v) is 9.22. The molecule has 2 heterocycles. The van der Waals surface area contributed by atoms with E-state index in [-0.39, 0.29) is 18.1 Å². The number of hydrogen-bond donors (Lipinski definition) is 3. The molecule has 0 aliphatic heterocycles. The number of aromatic nitrogens is 5. The van der Waals surface area contributed by atoms with Crippen molar-refractivity contribution in [3.63, 3.8) is 0 Å². The molecule has 2 saturated carbocycles. The van der Waals surface area contributed by atoms with E-state index in [0.29, 0.717) is 29.6 Å². The minimum Gasteiger partial charge on any atom is -0.393 e. The number of amides is 1. The molecule has 0 bridgehead atoms. The van der Waals surface area contributed by atoms with Crippen LogP contribution in [0, 0.1) is 0 Å². The van der Waals surface area contributed by atoms with E-state index in [4.69, 9.17) is 0 Å². The normalized spacial score (nSPS) is 21.7. The minimum atomic E-state index is -0.209. The predicted octanol–water partition coefficient (Wildman–Crippen LogP) is 3.37. The van der Waals surface area contributed by atoms with Gasteiger partial charge in [-0.15, -0.1) is 10.2 Å². The number of nitrogens with one attached hydrogen (secondary N) is 2. The van der Waals surface area contributed by atoms with Gasteiger partial charge in [0.1, 0.15) is 6.33 Å². The largest absolute Gasteiger partial charge is 0.393 e. The molecule has 2 fully saturated rings. The number of aliphatic hydroxyl groups excluding tert-OH is 1. The predicted molar refractivity (Wildman–Crippen MR) is 125 cm³/mol. The van der Waals surface area contributed by atoms with Gasteiger partial charge >= 0.3 is 0 Å². The fourth-order valence-corrected chi connectivity index (χ4v) is 5.02. The van der Waals surface area contributed by atoms with Gasteiger partial charge < -0.3 is 20.3 Å². The van der Waals surface area contributed by atoms with Crippen molar-refractivity contribution in [2.75, 3.05) is 5.32 Å². The van der Waals surface area contributed by atoms with Gasteiger partial charge in [-0.2, -0.15) is 0 Å². The molecule has 3 aromatic rings. The maximum absolute atomic E-state index is 13.1. The SMILES string of the molecule is O=C(NCc1nncn1C1CCCCC1)c1cccc2cnc(NC3CCC(O)CC3)nc12. The van der Waals surface area contributed by atoms with Crippen LogP contribution in [0.5, 0.6) is 0 Å². The van der Waals surface area contributed by atoms with E-state index in [2.05, 4.69) is 35.4 Å². The molecule has 9 nitrogen and oxygen atoms in total. The number of rotatable bonds is 6. The Kier molecular flexibility index (Phi) is 6.48. The van der Waals surface area contributed by atoms with Crippen LogP contribution in [0.15, 0.2) is 30.7 Å². The maximum atomic E-state index is 13.1. The Morgan fingerprint density at radius 2 is 1.91 bits per heavy atom. The fourth-order valence-electron chi connectivity index (χ4n) is 5.02. The number of nitrogens with zero attached hydrogens (tertiary/aromatic N) is 5. The smallest absolute Gasteiger partial charge is 0.253 e. The summed E-state index contributed by atoms with van der Waals surface area (Å²) < 4.78 is 2.12. The van der Waals surface area contributed by atoms with Crippen molar-refractivity contribution >= 4 is 22.8 Å². The number of aliphatic hydroxyl groups is 1. The van der Waals surface area contributed by atoms with Gasteiger partial charge in [-0.1, -0.05) is 31.4 Å². The molecular weight excluding hydrogens is 418 g/mol. The molecule has 2 aliphatic carbocycles. The summed E-state index contributed by atoms with van der Waals surface area (Å²) in [6.45, 7) is 0.326. The highest BCUT2D eigenvalue weighted by atomic mass is 16.3. The van der Waals surface area contributed by atoms with Crippen molar-refractivity contribution in [1.29, 1.82) is 0 Å². The third-order valence-corrected chi connectivity index (χ3v) is 6.91. The van der Waals surface area contributed by atoms with Gasteiger partial charge in [-0.3, -0.25) is 4.79 Å². The first kappa shape index (κ1) is 21.8. The zero-order chi connectivity index (χ0) is 22.6. The lowest BCUT2D eigenvalue weighted by Crippen LogP contribution is -2.29. The molecule has 2 aliphatic rings. The second kappa shape index (κ2) is 9.82. The molecule has 9 heteroatoms. The number of benzene rings is 1. The second-order valence-electron chi connectivity index (χ2n) is 9.22. The highest BCUT2D eigenvalue weighted by Crippen LogP contribution is 2.28. The van der Waals surface area contributed by atoms with E-state index in [1.807, 2.05) is 12.1 Å². The summed E-state index contributed by atoms with van der Waals surface area (Å²) in [5.74, 6) is 1.11. The van der Waals surface area contributed by atoms with Gasteiger partial charge in [0, 0.05) is 23.7 Å². The molecule has 0 saturated heterocycles. The Bertz CT molecular complexity index is 1100. The van der Waals surface area contributed by atoms with E-state index >= 15 is 0 Å². The van der Waals surface area contributed by atoms with E-state index in [1.54, 1.807) is 18.6 Å². The van der Waals surface area contributed by atoms with Gasteiger partial charge in [-0.25, -0.2) is 9.97 Å². The molecule has 33 heavy (non-hydrogen) atoms. The quantitative estimate of drug-likeness (QED) is 0.528. The van der Waals surface area contributed by atoms with Crippen LogP contribution < -0.4 is 10.6 Å². The van der Waals surface area contributed by atoms with E-state index in [1.165, 1.54) is 19.3 Å². The maximum Gasteiger partial charge on any atom is 0.253 e. The van der Waals surface area contributed by atoms with Crippen molar-refractivity contribution < 1.29 is 9.90 Å². The lowest BCUT2D eigenvalue weighted by atomic mass is 9.93.